The molecule has 0 spiro atoms. The third-order valence-electron chi connectivity index (χ3n) is 3.06. The minimum atomic E-state index is -0.850. The summed E-state index contributed by atoms with van der Waals surface area (Å²) in [6, 6.07) is 0. The Morgan fingerprint density at radius 3 is 2.17 bits per heavy atom. The standard InChI is InChI=1S/C14H27NO3/c1-4-5-6-7-8-9-10-11(2)18-14(17)12(3)13(15)16/h11-12H,4-10H2,1-3H3,(H2,15,16). The molecule has 2 N–H and O–H groups in total. The van der Waals surface area contributed by atoms with Crippen LogP contribution in [0.2, 0.25) is 0 Å². The lowest BCUT2D eigenvalue weighted by atomic mass is 10.1. The lowest BCUT2D eigenvalue weighted by Crippen LogP contribution is -2.31. The Kier molecular flexibility index (Phi) is 9.33. The zero-order valence-electron chi connectivity index (χ0n) is 11.9. The van der Waals surface area contributed by atoms with Crippen LogP contribution in [0.5, 0.6) is 0 Å². The number of hydrogen-bond donors (Lipinski definition) is 1. The number of primary amides is 1. The summed E-state index contributed by atoms with van der Waals surface area (Å²) in [5, 5.41) is 0. The van der Waals surface area contributed by atoms with E-state index in [9.17, 15) is 9.59 Å². The fourth-order valence-electron chi connectivity index (χ4n) is 1.69. The number of carbonyl (C=O) groups is 2. The third-order valence-corrected chi connectivity index (χ3v) is 3.06. The number of rotatable bonds is 10. The van der Waals surface area contributed by atoms with Crippen molar-refractivity contribution < 1.29 is 14.3 Å². The van der Waals surface area contributed by atoms with Crippen LogP contribution < -0.4 is 5.73 Å². The molecule has 1 amide bonds. The number of esters is 1. The second kappa shape index (κ2) is 9.92. The Morgan fingerprint density at radius 1 is 1.06 bits per heavy atom. The zero-order chi connectivity index (χ0) is 14.0. The second-order valence-electron chi connectivity index (χ2n) is 4.93. The van der Waals surface area contributed by atoms with E-state index in [-0.39, 0.29) is 6.10 Å². The molecule has 106 valence electrons. The topological polar surface area (TPSA) is 69.4 Å². The van der Waals surface area contributed by atoms with E-state index in [1.165, 1.54) is 39.0 Å². The largest absolute Gasteiger partial charge is 0.462 e. The summed E-state index contributed by atoms with van der Waals surface area (Å²) in [5.41, 5.74) is 5.04. The van der Waals surface area contributed by atoms with Crippen molar-refractivity contribution in [3.05, 3.63) is 0 Å². The lowest BCUT2D eigenvalue weighted by molar-refractivity contribution is -0.155. The fourth-order valence-corrected chi connectivity index (χ4v) is 1.69. The fraction of sp³-hybridized carbons (Fsp3) is 0.857. The molecule has 0 radical (unpaired) electrons. The summed E-state index contributed by atoms with van der Waals surface area (Å²) in [6.45, 7) is 5.53. The first kappa shape index (κ1) is 16.9. The molecular weight excluding hydrogens is 230 g/mol. The van der Waals surface area contributed by atoms with Crippen LogP contribution in [0, 0.1) is 5.92 Å². The van der Waals surface area contributed by atoms with Crippen molar-refractivity contribution in [1.29, 1.82) is 0 Å². The van der Waals surface area contributed by atoms with Gasteiger partial charge in [-0.2, -0.15) is 0 Å². The predicted molar refractivity (Wildman–Crippen MR) is 71.9 cm³/mol. The van der Waals surface area contributed by atoms with Crippen LogP contribution in [-0.4, -0.2) is 18.0 Å². The van der Waals surface area contributed by atoms with Crippen LogP contribution >= 0.6 is 0 Å². The van der Waals surface area contributed by atoms with Gasteiger partial charge >= 0.3 is 5.97 Å². The normalized spacial score (nSPS) is 13.9. The van der Waals surface area contributed by atoms with Crippen LogP contribution in [0.1, 0.15) is 65.7 Å². The monoisotopic (exact) mass is 257 g/mol. The van der Waals surface area contributed by atoms with E-state index < -0.39 is 17.8 Å². The van der Waals surface area contributed by atoms with Gasteiger partial charge in [-0.1, -0.05) is 39.0 Å². The number of hydrogen-bond acceptors (Lipinski definition) is 3. The first-order valence-electron chi connectivity index (χ1n) is 6.98. The summed E-state index contributed by atoms with van der Waals surface area (Å²) in [4.78, 5) is 22.3. The Bertz CT molecular complexity index is 253. The first-order valence-corrected chi connectivity index (χ1v) is 6.98. The number of carbonyl (C=O) groups excluding carboxylic acids is 2. The SMILES string of the molecule is CCCCCCCCC(C)OC(=O)C(C)C(N)=O. The number of amides is 1. The average Bonchev–Trinajstić information content (AvgIpc) is 2.32. The molecule has 0 bridgehead atoms. The van der Waals surface area contributed by atoms with Gasteiger partial charge in [0.2, 0.25) is 5.91 Å². The van der Waals surface area contributed by atoms with Gasteiger partial charge in [0.15, 0.2) is 0 Å². The van der Waals surface area contributed by atoms with E-state index in [0.29, 0.717) is 0 Å². The predicted octanol–water partition coefficient (Wildman–Crippen LogP) is 2.79. The molecule has 0 aromatic carbocycles. The minimum absolute atomic E-state index is 0.134. The quantitative estimate of drug-likeness (QED) is 0.371. The second-order valence-corrected chi connectivity index (χ2v) is 4.93. The molecule has 0 aromatic rings. The maximum Gasteiger partial charge on any atom is 0.318 e. The highest BCUT2D eigenvalue weighted by molar-refractivity contribution is 5.96. The van der Waals surface area contributed by atoms with Gasteiger partial charge in [-0.3, -0.25) is 9.59 Å². The number of unbranched alkanes of at least 4 members (excludes halogenated alkanes) is 5. The summed E-state index contributed by atoms with van der Waals surface area (Å²) in [5.74, 6) is -2.00. The molecule has 0 heterocycles. The third kappa shape index (κ3) is 8.09. The van der Waals surface area contributed by atoms with Crippen molar-refractivity contribution in [2.45, 2.75) is 71.8 Å². The van der Waals surface area contributed by atoms with E-state index >= 15 is 0 Å². The summed E-state index contributed by atoms with van der Waals surface area (Å²) >= 11 is 0. The van der Waals surface area contributed by atoms with Gasteiger partial charge in [-0.05, 0) is 26.7 Å². The molecule has 0 aliphatic heterocycles. The van der Waals surface area contributed by atoms with Crippen molar-refractivity contribution in [3.8, 4) is 0 Å². The summed E-state index contributed by atoms with van der Waals surface area (Å²) in [6.07, 6.45) is 8.01. The van der Waals surface area contributed by atoms with Crippen LogP contribution in [0.3, 0.4) is 0 Å². The number of ether oxygens (including phenoxy) is 1. The van der Waals surface area contributed by atoms with Gasteiger partial charge in [-0.15, -0.1) is 0 Å². The highest BCUT2D eigenvalue weighted by Crippen LogP contribution is 2.11. The lowest BCUT2D eigenvalue weighted by Gasteiger charge is -2.15. The van der Waals surface area contributed by atoms with E-state index in [1.54, 1.807) is 0 Å². The van der Waals surface area contributed by atoms with E-state index in [1.807, 2.05) is 6.92 Å². The van der Waals surface area contributed by atoms with Crippen molar-refractivity contribution >= 4 is 11.9 Å². The van der Waals surface area contributed by atoms with Crippen molar-refractivity contribution in [2.24, 2.45) is 11.7 Å². The average molecular weight is 257 g/mol. The summed E-state index contributed by atoms with van der Waals surface area (Å²) < 4.78 is 5.16. The van der Waals surface area contributed by atoms with E-state index in [0.717, 1.165) is 12.8 Å². The molecule has 2 atom stereocenters. The maximum absolute atomic E-state index is 11.4. The molecule has 2 unspecified atom stereocenters. The molecule has 0 aromatic heterocycles. The molecule has 0 fully saturated rings. The van der Waals surface area contributed by atoms with Crippen LogP contribution in [-0.2, 0) is 14.3 Å². The van der Waals surface area contributed by atoms with Crippen LogP contribution in [0.25, 0.3) is 0 Å². The van der Waals surface area contributed by atoms with Crippen molar-refractivity contribution in [1.82, 2.24) is 0 Å². The van der Waals surface area contributed by atoms with Crippen molar-refractivity contribution in [2.75, 3.05) is 0 Å². The highest BCUT2D eigenvalue weighted by atomic mass is 16.5. The Hall–Kier alpha value is -1.06. The maximum atomic E-state index is 11.4. The Labute approximate surface area is 110 Å². The first-order chi connectivity index (χ1) is 8.49. The minimum Gasteiger partial charge on any atom is -0.462 e. The van der Waals surface area contributed by atoms with E-state index in [2.05, 4.69) is 6.92 Å². The van der Waals surface area contributed by atoms with Crippen LogP contribution in [0.15, 0.2) is 0 Å². The molecule has 0 saturated carbocycles. The smallest absolute Gasteiger partial charge is 0.318 e. The zero-order valence-corrected chi connectivity index (χ0v) is 11.9. The number of nitrogens with two attached hydrogens (primary N) is 1. The van der Waals surface area contributed by atoms with Gasteiger partial charge in [0.1, 0.15) is 5.92 Å². The molecule has 4 heteroatoms. The molecule has 18 heavy (non-hydrogen) atoms. The molecule has 0 aliphatic rings. The van der Waals surface area contributed by atoms with Gasteiger partial charge in [0.05, 0.1) is 6.10 Å². The van der Waals surface area contributed by atoms with Gasteiger partial charge < -0.3 is 10.5 Å². The molecule has 4 nitrogen and oxygen atoms in total. The molecular formula is C14H27NO3. The molecule has 0 saturated heterocycles. The Morgan fingerprint density at radius 2 is 1.61 bits per heavy atom. The van der Waals surface area contributed by atoms with Gasteiger partial charge in [0.25, 0.3) is 0 Å². The summed E-state index contributed by atoms with van der Waals surface area (Å²) in [7, 11) is 0. The highest BCUT2D eigenvalue weighted by Gasteiger charge is 2.21. The Balaban J connectivity index is 3.62. The van der Waals surface area contributed by atoms with E-state index in [4.69, 9.17) is 10.5 Å². The van der Waals surface area contributed by atoms with Gasteiger partial charge in [-0.25, -0.2) is 0 Å². The van der Waals surface area contributed by atoms with Crippen molar-refractivity contribution in [3.63, 3.8) is 0 Å². The van der Waals surface area contributed by atoms with Crippen LogP contribution in [0.4, 0.5) is 0 Å². The molecule has 0 aliphatic carbocycles. The molecule has 0 rings (SSSR count). The van der Waals surface area contributed by atoms with Gasteiger partial charge in [0, 0.05) is 0 Å².